The summed E-state index contributed by atoms with van der Waals surface area (Å²) in [5.41, 5.74) is 0. The number of ether oxygens (including phenoxy) is 1. The Hall–Kier alpha value is -1.96. The van der Waals surface area contributed by atoms with Crippen LogP contribution in [0, 0.1) is 0 Å². The summed E-state index contributed by atoms with van der Waals surface area (Å²) in [6.07, 6.45) is 1.59. The summed E-state index contributed by atoms with van der Waals surface area (Å²) in [6, 6.07) is 0. The van der Waals surface area contributed by atoms with Crippen molar-refractivity contribution >= 4 is 17.7 Å². The molecule has 1 aromatic rings. The smallest absolute Gasteiger partial charge is 0.247 e. The molecule has 2 heterocycles. The van der Waals surface area contributed by atoms with Crippen LogP contribution < -0.4 is 10.2 Å². The molecule has 1 aromatic heterocycles. The van der Waals surface area contributed by atoms with E-state index in [4.69, 9.17) is 4.74 Å². The zero-order valence-corrected chi connectivity index (χ0v) is 11.9. The molecular formula is C12H20N6O2. The van der Waals surface area contributed by atoms with E-state index < -0.39 is 0 Å². The fraction of sp³-hybridized carbons (Fsp3) is 0.667. The molecule has 0 saturated carbocycles. The average molecular weight is 280 g/mol. The number of methoxy groups -OCH3 is 1. The molecule has 1 aliphatic heterocycles. The molecule has 1 aliphatic rings. The van der Waals surface area contributed by atoms with Gasteiger partial charge in [0.2, 0.25) is 11.9 Å². The maximum Gasteiger partial charge on any atom is 0.247 e. The standard InChI is InChI=1S/C12H20N6O2/c1-10(19)17-4-6-18(7-5-17)12-15-11(9-14-16-12)13-3-8-20-2/h9H,3-8H2,1-2H3,(H,13,15,16). The van der Waals surface area contributed by atoms with Crippen molar-refractivity contribution in [1.82, 2.24) is 20.1 Å². The molecular weight excluding hydrogens is 260 g/mol. The Morgan fingerprint density at radius 2 is 2.15 bits per heavy atom. The predicted octanol–water partition coefficient (Wildman–Crippen LogP) is -0.402. The number of amides is 1. The van der Waals surface area contributed by atoms with Gasteiger partial charge in [-0.15, -0.1) is 5.10 Å². The second kappa shape index (κ2) is 6.99. The molecule has 2 rings (SSSR count). The first-order valence-corrected chi connectivity index (χ1v) is 6.63. The van der Waals surface area contributed by atoms with Gasteiger partial charge < -0.3 is 19.9 Å². The molecule has 0 unspecified atom stereocenters. The van der Waals surface area contributed by atoms with Gasteiger partial charge in [-0.25, -0.2) is 0 Å². The molecule has 20 heavy (non-hydrogen) atoms. The SMILES string of the molecule is COCCNc1cnnc(N2CCN(C(C)=O)CC2)n1. The van der Waals surface area contributed by atoms with Gasteiger partial charge >= 0.3 is 0 Å². The number of anilines is 2. The van der Waals surface area contributed by atoms with Crippen LogP contribution in [0.4, 0.5) is 11.8 Å². The van der Waals surface area contributed by atoms with E-state index in [9.17, 15) is 4.79 Å². The van der Waals surface area contributed by atoms with Crippen LogP contribution in [-0.2, 0) is 9.53 Å². The largest absolute Gasteiger partial charge is 0.383 e. The van der Waals surface area contributed by atoms with Crippen LogP contribution in [0.3, 0.4) is 0 Å². The van der Waals surface area contributed by atoms with Crippen LogP contribution in [0.15, 0.2) is 6.20 Å². The van der Waals surface area contributed by atoms with Crippen molar-refractivity contribution in [3.05, 3.63) is 6.20 Å². The van der Waals surface area contributed by atoms with Crippen LogP contribution in [0.1, 0.15) is 6.92 Å². The van der Waals surface area contributed by atoms with Gasteiger partial charge in [0, 0.05) is 46.8 Å². The highest BCUT2D eigenvalue weighted by Gasteiger charge is 2.20. The van der Waals surface area contributed by atoms with Crippen LogP contribution in [0.2, 0.25) is 0 Å². The highest BCUT2D eigenvalue weighted by atomic mass is 16.5. The predicted molar refractivity (Wildman–Crippen MR) is 74.7 cm³/mol. The molecule has 8 nitrogen and oxygen atoms in total. The third-order valence-corrected chi connectivity index (χ3v) is 3.17. The zero-order valence-electron chi connectivity index (χ0n) is 11.9. The molecule has 0 aromatic carbocycles. The van der Waals surface area contributed by atoms with Gasteiger partial charge in [0.05, 0.1) is 12.8 Å². The molecule has 0 bridgehead atoms. The highest BCUT2D eigenvalue weighted by Crippen LogP contribution is 2.12. The van der Waals surface area contributed by atoms with E-state index in [0.29, 0.717) is 38.0 Å². The van der Waals surface area contributed by atoms with Gasteiger partial charge in [-0.3, -0.25) is 4.79 Å². The lowest BCUT2D eigenvalue weighted by atomic mass is 10.3. The fourth-order valence-electron chi connectivity index (χ4n) is 2.02. The van der Waals surface area contributed by atoms with Gasteiger partial charge in [0.15, 0.2) is 5.82 Å². The van der Waals surface area contributed by atoms with Gasteiger partial charge in [-0.1, -0.05) is 0 Å². The minimum absolute atomic E-state index is 0.110. The number of nitrogens with one attached hydrogen (secondary N) is 1. The van der Waals surface area contributed by atoms with Gasteiger partial charge in [-0.2, -0.15) is 10.1 Å². The van der Waals surface area contributed by atoms with E-state index in [-0.39, 0.29) is 5.91 Å². The summed E-state index contributed by atoms with van der Waals surface area (Å²) >= 11 is 0. The molecule has 0 spiro atoms. The maximum absolute atomic E-state index is 11.3. The van der Waals surface area contributed by atoms with Crippen molar-refractivity contribution in [2.75, 3.05) is 56.7 Å². The number of piperazine rings is 1. The van der Waals surface area contributed by atoms with Crippen LogP contribution in [0.5, 0.6) is 0 Å². The van der Waals surface area contributed by atoms with Crippen LogP contribution in [0.25, 0.3) is 0 Å². The van der Waals surface area contributed by atoms with Crippen LogP contribution >= 0.6 is 0 Å². The Morgan fingerprint density at radius 3 is 2.80 bits per heavy atom. The van der Waals surface area contributed by atoms with E-state index in [1.54, 1.807) is 20.2 Å². The Morgan fingerprint density at radius 1 is 1.40 bits per heavy atom. The Labute approximate surface area is 118 Å². The van der Waals surface area contributed by atoms with Crippen LogP contribution in [-0.4, -0.2) is 72.4 Å². The molecule has 8 heteroatoms. The molecule has 1 saturated heterocycles. The minimum Gasteiger partial charge on any atom is -0.383 e. The topological polar surface area (TPSA) is 83.5 Å². The van der Waals surface area contributed by atoms with Gasteiger partial charge in [-0.05, 0) is 0 Å². The number of hydrogen-bond acceptors (Lipinski definition) is 7. The molecule has 0 radical (unpaired) electrons. The van der Waals surface area contributed by atoms with Crippen molar-refractivity contribution in [1.29, 1.82) is 0 Å². The highest BCUT2D eigenvalue weighted by molar-refractivity contribution is 5.73. The Balaban J connectivity index is 1.92. The summed E-state index contributed by atoms with van der Waals surface area (Å²) in [7, 11) is 1.65. The van der Waals surface area contributed by atoms with Crippen molar-refractivity contribution in [3.63, 3.8) is 0 Å². The molecule has 110 valence electrons. The second-order valence-electron chi connectivity index (χ2n) is 4.55. The summed E-state index contributed by atoms with van der Waals surface area (Å²) in [6.45, 7) is 5.71. The number of nitrogens with zero attached hydrogens (tertiary/aromatic N) is 5. The Bertz CT molecular complexity index is 447. The number of aromatic nitrogens is 3. The lowest BCUT2D eigenvalue weighted by Crippen LogP contribution is -2.48. The summed E-state index contributed by atoms with van der Waals surface area (Å²) in [5.74, 6) is 1.38. The molecule has 1 fully saturated rings. The van der Waals surface area contributed by atoms with Gasteiger partial charge in [0.1, 0.15) is 0 Å². The Kier molecular flexibility index (Phi) is 5.05. The van der Waals surface area contributed by atoms with Crippen molar-refractivity contribution in [2.24, 2.45) is 0 Å². The summed E-state index contributed by atoms with van der Waals surface area (Å²) in [5, 5.41) is 11.1. The normalized spacial score (nSPS) is 15.3. The number of rotatable bonds is 5. The number of carbonyl (C=O) groups excluding carboxylic acids is 1. The lowest BCUT2D eigenvalue weighted by molar-refractivity contribution is -0.129. The van der Waals surface area contributed by atoms with E-state index in [2.05, 4.69) is 20.5 Å². The zero-order chi connectivity index (χ0) is 14.4. The van der Waals surface area contributed by atoms with E-state index in [0.717, 1.165) is 13.1 Å². The number of carbonyl (C=O) groups is 1. The molecule has 1 N–H and O–H groups in total. The van der Waals surface area contributed by atoms with Gasteiger partial charge in [0.25, 0.3) is 0 Å². The quantitative estimate of drug-likeness (QED) is 0.735. The van der Waals surface area contributed by atoms with E-state index in [1.807, 2.05) is 9.80 Å². The molecule has 0 atom stereocenters. The monoisotopic (exact) mass is 280 g/mol. The summed E-state index contributed by atoms with van der Waals surface area (Å²) in [4.78, 5) is 19.6. The van der Waals surface area contributed by atoms with Crippen molar-refractivity contribution in [3.8, 4) is 0 Å². The first-order valence-electron chi connectivity index (χ1n) is 6.63. The average Bonchev–Trinajstić information content (AvgIpc) is 2.48. The first-order chi connectivity index (χ1) is 9.70. The maximum atomic E-state index is 11.3. The summed E-state index contributed by atoms with van der Waals surface area (Å²) < 4.78 is 4.97. The van der Waals surface area contributed by atoms with E-state index >= 15 is 0 Å². The molecule has 0 aliphatic carbocycles. The van der Waals surface area contributed by atoms with Crippen molar-refractivity contribution < 1.29 is 9.53 Å². The lowest BCUT2D eigenvalue weighted by Gasteiger charge is -2.33. The third-order valence-electron chi connectivity index (χ3n) is 3.17. The minimum atomic E-state index is 0.110. The number of hydrogen-bond donors (Lipinski definition) is 1. The first kappa shape index (κ1) is 14.4. The van der Waals surface area contributed by atoms with Crippen molar-refractivity contribution in [2.45, 2.75) is 6.92 Å². The second-order valence-corrected chi connectivity index (χ2v) is 4.55. The fourth-order valence-corrected chi connectivity index (χ4v) is 2.02. The molecule has 1 amide bonds. The third kappa shape index (κ3) is 3.77. The van der Waals surface area contributed by atoms with E-state index in [1.165, 1.54) is 0 Å².